The van der Waals surface area contributed by atoms with Gasteiger partial charge in [0.05, 0.1) is 13.7 Å². The van der Waals surface area contributed by atoms with Crippen LogP contribution in [0.1, 0.15) is 12.0 Å². The number of aryl methyl sites for hydroxylation is 1. The summed E-state index contributed by atoms with van der Waals surface area (Å²) in [5.41, 5.74) is 0.836. The van der Waals surface area contributed by atoms with E-state index in [9.17, 15) is 25.5 Å². The number of benzene rings is 1. The minimum atomic E-state index is -1.54. The fraction of sp³-hybridized carbons (Fsp3) is 0.625. The lowest BCUT2D eigenvalue weighted by Gasteiger charge is -2.39. The van der Waals surface area contributed by atoms with Crippen LogP contribution in [0.2, 0.25) is 0 Å². The van der Waals surface area contributed by atoms with E-state index in [4.69, 9.17) is 18.9 Å². The van der Waals surface area contributed by atoms with Crippen molar-refractivity contribution in [1.29, 1.82) is 0 Å². The summed E-state index contributed by atoms with van der Waals surface area (Å²) in [6.07, 6.45) is -6.85. The second-order valence-electron chi connectivity index (χ2n) is 6.01. The van der Waals surface area contributed by atoms with Crippen LogP contribution in [0.5, 0.6) is 17.2 Å². The van der Waals surface area contributed by atoms with Gasteiger partial charge in [-0.25, -0.2) is 0 Å². The topological polar surface area (TPSA) is 138 Å². The molecule has 1 unspecified atom stereocenters. The minimum absolute atomic E-state index is 0.166. The van der Waals surface area contributed by atoms with Gasteiger partial charge >= 0.3 is 0 Å². The zero-order valence-corrected chi connectivity index (χ0v) is 13.6. The van der Waals surface area contributed by atoms with E-state index in [1.165, 1.54) is 7.11 Å². The zero-order chi connectivity index (χ0) is 18.1. The molecule has 0 spiro atoms. The Bertz CT molecular complexity index is 606. The molecule has 0 aromatic heterocycles. The van der Waals surface area contributed by atoms with Gasteiger partial charge in [0.25, 0.3) is 0 Å². The number of rotatable bonds is 4. The quantitative estimate of drug-likeness (QED) is 0.436. The maximum Gasteiger partial charge on any atom is 0.229 e. The van der Waals surface area contributed by atoms with Crippen molar-refractivity contribution in [3.63, 3.8) is 0 Å². The summed E-state index contributed by atoms with van der Waals surface area (Å²) in [5.74, 6) is 0.719. The fourth-order valence-corrected chi connectivity index (χ4v) is 2.96. The first-order chi connectivity index (χ1) is 12.0. The first-order valence-corrected chi connectivity index (χ1v) is 7.98. The number of aliphatic hydroxyl groups excluding tert-OH is 5. The smallest absolute Gasteiger partial charge is 0.229 e. The lowest BCUT2D eigenvalue weighted by Crippen LogP contribution is -2.60. The fourth-order valence-electron chi connectivity index (χ4n) is 2.96. The van der Waals surface area contributed by atoms with Crippen molar-refractivity contribution in [2.75, 3.05) is 13.7 Å². The number of hydrogen-bond donors (Lipinski definition) is 5. The van der Waals surface area contributed by atoms with Crippen molar-refractivity contribution in [3.05, 3.63) is 17.7 Å². The Labute approximate surface area is 143 Å². The molecule has 1 saturated heterocycles. The van der Waals surface area contributed by atoms with Crippen LogP contribution >= 0.6 is 0 Å². The summed E-state index contributed by atoms with van der Waals surface area (Å²) in [6.45, 7) is -0.554. The second kappa shape index (κ2) is 7.32. The van der Waals surface area contributed by atoms with Crippen LogP contribution in [0.25, 0.3) is 0 Å². The normalized spacial score (nSPS) is 34.8. The lowest BCUT2D eigenvalue weighted by molar-refractivity contribution is -0.277. The Morgan fingerprint density at radius 1 is 1.12 bits per heavy atom. The molecule has 9 nitrogen and oxygen atoms in total. The maximum atomic E-state index is 10.1. The molecule has 0 radical (unpaired) electrons. The summed E-state index contributed by atoms with van der Waals surface area (Å²) >= 11 is 0. The van der Waals surface area contributed by atoms with E-state index >= 15 is 0 Å². The Morgan fingerprint density at radius 2 is 1.88 bits per heavy atom. The molecule has 0 bridgehead atoms. The molecule has 0 aliphatic carbocycles. The van der Waals surface area contributed by atoms with Crippen molar-refractivity contribution < 1.29 is 44.5 Å². The highest BCUT2D eigenvalue weighted by Crippen LogP contribution is 2.44. The Hall–Kier alpha value is -1.62. The van der Waals surface area contributed by atoms with Crippen LogP contribution in [-0.4, -0.2) is 76.2 Å². The third-order valence-electron chi connectivity index (χ3n) is 4.37. The summed E-state index contributed by atoms with van der Waals surface area (Å²) in [7, 11) is 1.40. The van der Waals surface area contributed by atoms with Gasteiger partial charge in [0.2, 0.25) is 12.0 Å². The van der Waals surface area contributed by atoms with Gasteiger partial charge in [0.1, 0.15) is 24.4 Å². The van der Waals surface area contributed by atoms with Gasteiger partial charge in [-0.05, 0) is 18.1 Å². The van der Waals surface area contributed by atoms with Gasteiger partial charge < -0.3 is 44.5 Å². The van der Waals surface area contributed by atoms with E-state index in [2.05, 4.69) is 0 Å². The van der Waals surface area contributed by atoms with E-state index in [1.807, 2.05) is 0 Å². The molecule has 6 atom stereocenters. The largest absolute Gasteiger partial charge is 0.490 e. The van der Waals surface area contributed by atoms with Gasteiger partial charge in [-0.1, -0.05) is 6.07 Å². The van der Waals surface area contributed by atoms with E-state index in [1.54, 1.807) is 12.1 Å². The molecule has 1 fully saturated rings. The van der Waals surface area contributed by atoms with Gasteiger partial charge in [-0.3, -0.25) is 0 Å². The molecule has 0 amide bonds. The number of hydrogen-bond acceptors (Lipinski definition) is 9. The summed E-state index contributed by atoms with van der Waals surface area (Å²) < 4.78 is 21.6. The van der Waals surface area contributed by atoms with Gasteiger partial charge in [-0.2, -0.15) is 0 Å². The van der Waals surface area contributed by atoms with Crippen LogP contribution in [0, 0.1) is 0 Å². The molecule has 3 rings (SSSR count). The summed E-state index contributed by atoms with van der Waals surface area (Å²) in [6, 6.07) is 3.34. The third-order valence-corrected chi connectivity index (χ3v) is 4.37. The standard InChI is InChI=1S/C16H22O9/c1-22-15-8(4-2-7-3-5-10(18)25-14(7)15)23-16-13(21)12(20)11(19)9(6-17)24-16/h2,4,9-13,16-21H,3,5-6H2,1H3/t9-,10?,11-,12+,13-,16-/m1/s1. The molecule has 2 aliphatic rings. The summed E-state index contributed by atoms with van der Waals surface area (Å²) in [5, 5.41) is 48.6. The van der Waals surface area contributed by atoms with E-state index in [0.717, 1.165) is 5.56 Å². The highest BCUT2D eigenvalue weighted by atomic mass is 16.7. The molecule has 140 valence electrons. The van der Waals surface area contributed by atoms with Crippen molar-refractivity contribution >= 4 is 0 Å². The monoisotopic (exact) mass is 358 g/mol. The highest BCUT2D eigenvalue weighted by Gasteiger charge is 2.45. The second-order valence-corrected chi connectivity index (χ2v) is 6.01. The molecule has 5 N–H and O–H groups in total. The van der Waals surface area contributed by atoms with Crippen LogP contribution < -0.4 is 14.2 Å². The highest BCUT2D eigenvalue weighted by molar-refractivity contribution is 5.56. The molecule has 25 heavy (non-hydrogen) atoms. The maximum absolute atomic E-state index is 10.1. The molecule has 1 aromatic carbocycles. The van der Waals surface area contributed by atoms with Crippen LogP contribution in [-0.2, 0) is 11.2 Å². The number of methoxy groups -OCH3 is 1. The SMILES string of the molecule is COc1c(O[C@@H]2O[C@H](CO)[C@@H](O)[C@H](O)[C@H]2O)ccc2c1OC(O)CC2. The predicted molar refractivity (Wildman–Crippen MR) is 82.3 cm³/mol. The first-order valence-electron chi connectivity index (χ1n) is 7.98. The predicted octanol–water partition coefficient (Wildman–Crippen LogP) is -1.48. The van der Waals surface area contributed by atoms with Crippen molar-refractivity contribution in [1.82, 2.24) is 0 Å². The Kier molecular flexibility index (Phi) is 5.32. The molecule has 0 saturated carbocycles. The lowest BCUT2D eigenvalue weighted by atomic mass is 9.99. The molecular weight excluding hydrogens is 336 g/mol. The number of aliphatic hydroxyl groups is 5. The molecule has 1 aromatic rings. The van der Waals surface area contributed by atoms with E-state index in [-0.39, 0.29) is 11.5 Å². The minimum Gasteiger partial charge on any atom is -0.490 e. The van der Waals surface area contributed by atoms with Crippen molar-refractivity contribution in [2.45, 2.75) is 49.8 Å². The van der Waals surface area contributed by atoms with Crippen LogP contribution in [0.4, 0.5) is 0 Å². The van der Waals surface area contributed by atoms with Crippen LogP contribution in [0.3, 0.4) is 0 Å². The van der Waals surface area contributed by atoms with Gasteiger partial charge in [0.15, 0.2) is 17.8 Å². The molecule has 2 aliphatic heterocycles. The number of fused-ring (bicyclic) bond motifs is 1. The van der Waals surface area contributed by atoms with Crippen molar-refractivity contribution in [3.8, 4) is 17.2 Å². The van der Waals surface area contributed by atoms with Gasteiger partial charge in [0, 0.05) is 6.42 Å². The van der Waals surface area contributed by atoms with Crippen molar-refractivity contribution in [2.24, 2.45) is 0 Å². The zero-order valence-electron chi connectivity index (χ0n) is 13.6. The summed E-state index contributed by atoms with van der Waals surface area (Å²) in [4.78, 5) is 0. The Balaban J connectivity index is 1.86. The molecule has 9 heteroatoms. The number of ether oxygens (including phenoxy) is 4. The average molecular weight is 358 g/mol. The van der Waals surface area contributed by atoms with Crippen LogP contribution in [0.15, 0.2) is 12.1 Å². The molecule has 2 heterocycles. The Morgan fingerprint density at radius 3 is 2.56 bits per heavy atom. The van der Waals surface area contributed by atoms with E-state index < -0.39 is 43.6 Å². The molecular formula is C16H22O9. The van der Waals surface area contributed by atoms with E-state index in [0.29, 0.717) is 18.6 Å². The third kappa shape index (κ3) is 3.39. The van der Waals surface area contributed by atoms with Gasteiger partial charge in [-0.15, -0.1) is 0 Å². The first kappa shape index (κ1) is 18.2. The average Bonchev–Trinajstić information content (AvgIpc) is 2.61.